The molecule has 0 radical (unpaired) electrons. The molecular formula is C46H30BN. The normalized spacial score (nSPS) is 16.9. The molecule has 0 spiro atoms. The van der Waals surface area contributed by atoms with Crippen molar-refractivity contribution in [2.24, 2.45) is 0 Å². The Morgan fingerprint density at radius 3 is 2.25 bits per heavy atom. The van der Waals surface area contributed by atoms with Crippen molar-refractivity contribution in [1.82, 2.24) is 0 Å². The van der Waals surface area contributed by atoms with Gasteiger partial charge in [-0.1, -0.05) is 145 Å². The van der Waals surface area contributed by atoms with E-state index < -0.39 is 0 Å². The van der Waals surface area contributed by atoms with E-state index in [1.165, 1.54) is 94.7 Å². The molecule has 2 aliphatic heterocycles. The molecule has 2 heteroatoms. The third-order valence-corrected chi connectivity index (χ3v) is 11.2. The van der Waals surface area contributed by atoms with Gasteiger partial charge in [0.1, 0.15) is 0 Å². The van der Waals surface area contributed by atoms with Gasteiger partial charge < -0.3 is 4.90 Å². The number of allylic oxidation sites excluding steroid dienone is 7. The third kappa shape index (κ3) is 3.58. The highest BCUT2D eigenvalue weighted by molar-refractivity contribution is 7.01. The van der Waals surface area contributed by atoms with Crippen molar-refractivity contribution in [3.8, 4) is 33.4 Å². The zero-order chi connectivity index (χ0) is 31.3. The molecule has 0 amide bonds. The molecule has 48 heavy (non-hydrogen) atoms. The second-order valence-corrected chi connectivity index (χ2v) is 13.6. The smallest absolute Gasteiger partial charge is 0.248 e. The monoisotopic (exact) mass is 607 g/mol. The average molecular weight is 608 g/mol. The Bertz CT molecular complexity index is 2490. The Hall–Kier alpha value is -5.86. The number of nitrogens with zero attached hydrogens (tertiary/aromatic N) is 1. The van der Waals surface area contributed by atoms with E-state index in [1.807, 2.05) is 0 Å². The zero-order valence-electron chi connectivity index (χ0n) is 26.4. The van der Waals surface area contributed by atoms with Crippen LogP contribution in [-0.4, -0.2) is 6.71 Å². The van der Waals surface area contributed by atoms with Crippen LogP contribution in [0.3, 0.4) is 0 Å². The van der Waals surface area contributed by atoms with Crippen LogP contribution in [0.1, 0.15) is 22.6 Å². The van der Waals surface area contributed by atoms with Crippen LogP contribution >= 0.6 is 0 Å². The first-order chi connectivity index (χ1) is 23.8. The maximum absolute atomic E-state index is 2.55. The molecule has 3 aliphatic carbocycles. The summed E-state index contributed by atoms with van der Waals surface area (Å²) in [6, 6.07) is 47.7. The van der Waals surface area contributed by atoms with Crippen LogP contribution in [0.25, 0.3) is 39.5 Å². The van der Waals surface area contributed by atoms with Gasteiger partial charge in [0.25, 0.3) is 0 Å². The standard InChI is InChI=1S/C46H30BN/c1-2-10-29(11-3-1)36-14-4-5-15-37(36)32-24-25-42-41(28-32)47-40-18-7-6-16-38(40)39-17-9-19-43(46(39)47)48(42)35-26-33-22-20-30-12-8-13-31-21-23-34(27-35)45(33)44(30)31/h1-22,24-28,44H,23H2. The Morgan fingerprint density at radius 2 is 1.35 bits per heavy atom. The van der Waals surface area contributed by atoms with Crippen LogP contribution in [0.4, 0.5) is 17.1 Å². The molecule has 0 bridgehead atoms. The molecule has 0 saturated heterocycles. The van der Waals surface area contributed by atoms with E-state index in [9.17, 15) is 0 Å². The van der Waals surface area contributed by atoms with Gasteiger partial charge in [0, 0.05) is 23.0 Å². The van der Waals surface area contributed by atoms with Crippen LogP contribution in [0.15, 0.2) is 169 Å². The molecule has 6 aromatic carbocycles. The van der Waals surface area contributed by atoms with Crippen molar-refractivity contribution in [3.05, 3.63) is 186 Å². The number of fused-ring (bicyclic) bond motifs is 5. The van der Waals surface area contributed by atoms with Gasteiger partial charge in [-0.05, 0) is 103 Å². The number of benzene rings is 6. The van der Waals surface area contributed by atoms with E-state index in [0.29, 0.717) is 5.92 Å². The molecule has 6 aromatic rings. The second-order valence-electron chi connectivity index (χ2n) is 13.6. The van der Waals surface area contributed by atoms with Gasteiger partial charge in [-0.15, -0.1) is 0 Å². The molecule has 2 heterocycles. The summed E-state index contributed by atoms with van der Waals surface area (Å²) >= 11 is 0. The van der Waals surface area contributed by atoms with Gasteiger partial charge in [0.05, 0.1) is 0 Å². The summed E-state index contributed by atoms with van der Waals surface area (Å²) in [6.07, 6.45) is 14.9. The predicted octanol–water partition coefficient (Wildman–Crippen LogP) is 9.39. The fourth-order valence-electron chi connectivity index (χ4n) is 9.18. The van der Waals surface area contributed by atoms with Crippen molar-refractivity contribution in [2.45, 2.75) is 12.3 Å². The first-order valence-corrected chi connectivity index (χ1v) is 17.1. The van der Waals surface area contributed by atoms with E-state index in [1.54, 1.807) is 0 Å². The molecule has 1 nitrogen and oxygen atoms in total. The predicted molar refractivity (Wildman–Crippen MR) is 203 cm³/mol. The SMILES string of the molecule is C1=CC2=CCc3cc(N4c5ccc(-c6ccccc6-c6ccccc6)cc5B5c6ccccc6-c6cccc4c65)cc4c3C2C(=C1)C=C4. The molecule has 5 aliphatic rings. The lowest BCUT2D eigenvalue weighted by Crippen LogP contribution is -2.54. The van der Waals surface area contributed by atoms with Crippen molar-refractivity contribution >= 4 is 46.2 Å². The molecule has 1 atom stereocenters. The van der Waals surface area contributed by atoms with Crippen LogP contribution in [0.2, 0.25) is 0 Å². The van der Waals surface area contributed by atoms with Gasteiger partial charge in [-0.3, -0.25) is 0 Å². The van der Waals surface area contributed by atoms with Gasteiger partial charge in [-0.2, -0.15) is 0 Å². The molecule has 0 saturated carbocycles. The molecule has 1 unspecified atom stereocenters. The fourth-order valence-corrected chi connectivity index (χ4v) is 9.18. The number of hydrogen-bond acceptors (Lipinski definition) is 1. The van der Waals surface area contributed by atoms with Gasteiger partial charge in [0.2, 0.25) is 6.71 Å². The Labute approximate surface area is 281 Å². The highest BCUT2D eigenvalue weighted by Gasteiger charge is 2.43. The van der Waals surface area contributed by atoms with E-state index >= 15 is 0 Å². The van der Waals surface area contributed by atoms with Crippen molar-refractivity contribution in [1.29, 1.82) is 0 Å². The summed E-state index contributed by atoms with van der Waals surface area (Å²) in [4.78, 5) is 2.55. The third-order valence-electron chi connectivity index (χ3n) is 11.2. The minimum Gasteiger partial charge on any atom is -0.311 e. The largest absolute Gasteiger partial charge is 0.311 e. The van der Waals surface area contributed by atoms with E-state index in [-0.39, 0.29) is 6.71 Å². The van der Waals surface area contributed by atoms with E-state index in [2.05, 4.69) is 169 Å². The van der Waals surface area contributed by atoms with Gasteiger partial charge in [-0.25, -0.2) is 0 Å². The zero-order valence-corrected chi connectivity index (χ0v) is 26.4. The van der Waals surface area contributed by atoms with Crippen molar-refractivity contribution < 1.29 is 0 Å². The number of anilines is 3. The molecule has 0 aromatic heterocycles. The maximum Gasteiger partial charge on any atom is 0.248 e. The van der Waals surface area contributed by atoms with Gasteiger partial charge in [0.15, 0.2) is 0 Å². The molecular weight excluding hydrogens is 577 g/mol. The van der Waals surface area contributed by atoms with E-state index in [4.69, 9.17) is 0 Å². The Balaban J connectivity index is 1.15. The van der Waals surface area contributed by atoms with Gasteiger partial charge >= 0.3 is 0 Å². The highest BCUT2D eigenvalue weighted by atomic mass is 15.2. The lowest BCUT2D eigenvalue weighted by molar-refractivity contribution is 0.892. The minimum atomic E-state index is 0.186. The van der Waals surface area contributed by atoms with Crippen molar-refractivity contribution in [3.63, 3.8) is 0 Å². The summed E-state index contributed by atoms with van der Waals surface area (Å²) in [6.45, 7) is 0.186. The topological polar surface area (TPSA) is 3.24 Å². The van der Waals surface area contributed by atoms with Crippen LogP contribution < -0.4 is 21.3 Å². The maximum atomic E-state index is 2.55. The van der Waals surface area contributed by atoms with E-state index in [0.717, 1.165) is 6.42 Å². The van der Waals surface area contributed by atoms with Crippen molar-refractivity contribution in [2.75, 3.05) is 4.90 Å². The summed E-state index contributed by atoms with van der Waals surface area (Å²) in [5, 5.41) is 0. The van der Waals surface area contributed by atoms with Crippen LogP contribution in [0, 0.1) is 0 Å². The summed E-state index contributed by atoms with van der Waals surface area (Å²) in [5.41, 5.74) is 22.8. The van der Waals surface area contributed by atoms with Crippen LogP contribution in [0.5, 0.6) is 0 Å². The molecule has 0 N–H and O–H groups in total. The summed E-state index contributed by atoms with van der Waals surface area (Å²) in [5.74, 6) is 0.355. The lowest BCUT2D eigenvalue weighted by atomic mass is 9.37. The molecule has 222 valence electrons. The fraction of sp³-hybridized carbons (Fsp3) is 0.0435. The molecule has 0 fully saturated rings. The average Bonchev–Trinajstić information content (AvgIpc) is 3.50. The van der Waals surface area contributed by atoms with Crippen LogP contribution in [-0.2, 0) is 6.42 Å². The first kappa shape index (κ1) is 26.2. The number of rotatable bonds is 3. The minimum absolute atomic E-state index is 0.186. The second kappa shape index (κ2) is 9.83. The number of hydrogen-bond donors (Lipinski definition) is 0. The Morgan fingerprint density at radius 1 is 0.562 bits per heavy atom. The first-order valence-electron chi connectivity index (χ1n) is 17.1. The Kier molecular flexibility index (Phi) is 5.37. The summed E-state index contributed by atoms with van der Waals surface area (Å²) in [7, 11) is 0. The quantitative estimate of drug-likeness (QED) is 0.181. The molecule has 11 rings (SSSR count). The highest BCUT2D eigenvalue weighted by Crippen LogP contribution is 2.49. The summed E-state index contributed by atoms with van der Waals surface area (Å²) < 4.78 is 0. The lowest BCUT2D eigenvalue weighted by Gasteiger charge is -2.38.